The lowest BCUT2D eigenvalue weighted by Gasteiger charge is -2.36. The lowest BCUT2D eigenvalue weighted by atomic mass is 10.2. The van der Waals surface area contributed by atoms with Gasteiger partial charge in [0.2, 0.25) is 5.75 Å². The first-order chi connectivity index (χ1) is 13.5. The molecule has 1 fully saturated rings. The Hall–Kier alpha value is -3.09. The van der Waals surface area contributed by atoms with Crippen molar-refractivity contribution in [1.29, 1.82) is 0 Å². The summed E-state index contributed by atoms with van der Waals surface area (Å²) in [5, 5.41) is 2.97. The highest BCUT2D eigenvalue weighted by molar-refractivity contribution is 5.89. The maximum Gasteiger partial charge on any atom is 0.321 e. The molecule has 1 aliphatic heterocycles. The average molecular weight is 385 g/mol. The van der Waals surface area contributed by atoms with Crippen LogP contribution in [0.15, 0.2) is 36.4 Å². The van der Waals surface area contributed by atoms with Gasteiger partial charge in [-0.3, -0.25) is 0 Å². The van der Waals surface area contributed by atoms with Crippen LogP contribution in [0, 0.1) is 6.92 Å². The largest absolute Gasteiger partial charge is 0.493 e. The van der Waals surface area contributed by atoms with E-state index in [-0.39, 0.29) is 6.03 Å². The average Bonchev–Trinajstić information content (AvgIpc) is 2.72. The first-order valence-electron chi connectivity index (χ1n) is 9.23. The molecule has 1 aliphatic rings. The van der Waals surface area contributed by atoms with Crippen LogP contribution in [-0.4, -0.2) is 58.4 Å². The van der Waals surface area contributed by atoms with E-state index in [2.05, 4.69) is 10.2 Å². The van der Waals surface area contributed by atoms with E-state index in [0.29, 0.717) is 30.3 Å². The highest BCUT2D eigenvalue weighted by Gasteiger charge is 2.23. The van der Waals surface area contributed by atoms with Crippen molar-refractivity contribution in [2.45, 2.75) is 6.92 Å². The number of amides is 2. The first-order valence-corrected chi connectivity index (χ1v) is 9.23. The number of carbonyl (C=O) groups is 1. The summed E-state index contributed by atoms with van der Waals surface area (Å²) >= 11 is 0. The molecule has 0 atom stereocenters. The maximum absolute atomic E-state index is 12.5. The lowest BCUT2D eigenvalue weighted by Crippen LogP contribution is -2.50. The number of nitrogens with one attached hydrogen (secondary N) is 1. The van der Waals surface area contributed by atoms with Gasteiger partial charge in [0, 0.05) is 49.7 Å². The number of hydrogen-bond acceptors (Lipinski definition) is 5. The number of benzene rings is 2. The standard InChI is InChI=1S/C21H27N3O4/c1-15-6-5-7-16(12-15)22-21(25)24-10-8-23(9-11-24)17-13-18(26-2)20(28-4)19(14-17)27-3/h5-7,12-14H,8-11H2,1-4H3,(H,22,25). The van der Waals surface area contributed by atoms with Crippen LogP contribution < -0.4 is 24.4 Å². The van der Waals surface area contributed by atoms with Gasteiger partial charge < -0.3 is 29.3 Å². The monoisotopic (exact) mass is 385 g/mol. The Balaban J connectivity index is 1.66. The Morgan fingerprint density at radius 3 is 2.11 bits per heavy atom. The molecule has 1 N–H and O–H groups in total. The highest BCUT2D eigenvalue weighted by Crippen LogP contribution is 2.41. The zero-order valence-electron chi connectivity index (χ0n) is 16.8. The molecular weight excluding hydrogens is 358 g/mol. The van der Waals surface area contributed by atoms with Crippen molar-refractivity contribution in [3.05, 3.63) is 42.0 Å². The third-order valence-electron chi connectivity index (χ3n) is 4.85. The molecule has 150 valence electrons. The molecule has 1 saturated heterocycles. The SMILES string of the molecule is COc1cc(N2CCN(C(=O)Nc3cccc(C)c3)CC2)cc(OC)c1OC. The predicted octanol–water partition coefficient (Wildman–Crippen LogP) is 3.37. The summed E-state index contributed by atoms with van der Waals surface area (Å²) in [6.07, 6.45) is 0. The molecule has 0 radical (unpaired) electrons. The van der Waals surface area contributed by atoms with Gasteiger partial charge in [-0.25, -0.2) is 4.79 Å². The molecule has 7 heteroatoms. The number of anilines is 2. The van der Waals surface area contributed by atoms with Crippen LogP contribution in [0.1, 0.15) is 5.56 Å². The Bertz CT molecular complexity index is 807. The van der Waals surface area contributed by atoms with Gasteiger partial charge in [-0.15, -0.1) is 0 Å². The fourth-order valence-corrected chi connectivity index (χ4v) is 3.34. The van der Waals surface area contributed by atoms with Crippen molar-refractivity contribution in [3.8, 4) is 17.2 Å². The van der Waals surface area contributed by atoms with E-state index in [1.165, 1.54) is 0 Å². The van der Waals surface area contributed by atoms with E-state index < -0.39 is 0 Å². The van der Waals surface area contributed by atoms with Gasteiger partial charge in [0.15, 0.2) is 11.5 Å². The maximum atomic E-state index is 12.5. The van der Waals surface area contributed by atoms with Crippen LogP contribution >= 0.6 is 0 Å². The molecule has 2 amide bonds. The minimum atomic E-state index is -0.0739. The number of piperazine rings is 1. The molecule has 0 saturated carbocycles. The topological polar surface area (TPSA) is 63.3 Å². The van der Waals surface area contributed by atoms with Gasteiger partial charge in [0.1, 0.15) is 0 Å². The normalized spacial score (nSPS) is 13.9. The summed E-state index contributed by atoms with van der Waals surface area (Å²) in [7, 11) is 4.80. The molecule has 0 bridgehead atoms. The van der Waals surface area contributed by atoms with Crippen molar-refractivity contribution in [2.75, 3.05) is 57.7 Å². The molecule has 2 aromatic carbocycles. The summed E-state index contributed by atoms with van der Waals surface area (Å²) in [4.78, 5) is 16.6. The van der Waals surface area contributed by atoms with Crippen molar-refractivity contribution >= 4 is 17.4 Å². The third-order valence-corrected chi connectivity index (χ3v) is 4.85. The summed E-state index contributed by atoms with van der Waals surface area (Å²) < 4.78 is 16.3. The van der Waals surface area contributed by atoms with E-state index in [9.17, 15) is 4.79 Å². The van der Waals surface area contributed by atoms with Crippen molar-refractivity contribution < 1.29 is 19.0 Å². The second kappa shape index (κ2) is 8.73. The van der Waals surface area contributed by atoms with E-state index in [4.69, 9.17) is 14.2 Å². The summed E-state index contributed by atoms with van der Waals surface area (Å²) in [5.74, 6) is 1.82. The zero-order chi connectivity index (χ0) is 20.1. The highest BCUT2D eigenvalue weighted by atomic mass is 16.5. The molecule has 0 aromatic heterocycles. The minimum absolute atomic E-state index is 0.0739. The Morgan fingerprint density at radius 2 is 1.57 bits per heavy atom. The molecule has 0 unspecified atom stereocenters. The molecule has 0 spiro atoms. The van der Waals surface area contributed by atoms with Gasteiger partial charge in [0.05, 0.1) is 21.3 Å². The van der Waals surface area contributed by atoms with Crippen molar-refractivity contribution in [1.82, 2.24) is 4.90 Å². The van der Waals surface area contributed by atoms with Gasteiger partial charge in [0.25, 0.3) is 0 Å². The third kappa shape index (κ3) is 4.24. The molecule has 3 rings (SSSR count). The van der Waals surface area contributed by atoms with E-state index in [1.54, 1.807) is 21.3 Å². The van der Waals surface area contributed by atoms with Gasteiger partial charge >= 0.3 is 6.03 Å². The number of ether oxygens (including phenoxy) is 3. The lowest BCUT2D eigenvalue weighted by molar-refractivity contribution is 0.208. The minimum Gasteiger partial charge on any atom is -0.493 e. The number of methoxy groups -OCH3 is 3. The fraction of sp³-hybridized carbons (Fsp3) is 0.381. The predicted molar refractivity (Wildman–Crippen MR) is 110 cm³/mol. The van der Waals surface area contributed by atoms with Crippen LogP contribution in [-0.2, 0) is 0 Å². The summed E-state index contributed by atoms with van der Waals surface area (Å²) in [6.45, 7) is 4.72. The number of carbonyl (C=O) groups excluding carboxylic acids is 1. The van der Waals surface area contributed by atoms with Crippen LogP contribution in [0.5, 0.6) is 17.2 Å². The molecular formula is C21H27N3O4. The van der Waals surface area contributed by atoms with Gasteiger partial charge in [-0.2, -0.15) is 0 Å². The smallest absolute Gasteiger partial charge is 0.321 e. The quantitative estimate of drug-likeness (QED) is 0.855. The van der Waals surface area contributed by atoms with E-state index in [1.807, 2.05) is 48.2 Å². The van der Waals surface area contributed by atoms with E-state index in [0.717, 1.165) is 30.0 Å². The molecule has 0 aliphatic carbocycles. The zero-order valence-corrected chi connectivity index (χ0v) is 16.8. The van der Waals surface area contributed by atoms with Crippen LogP contribution in [0.2, 0.25) is 0 Å². The van der Waals surface area contributed by atoms with Crippen LogP contribution in [0.25, 0.3) is 0 Å². The number of urea groups is 1. The van der Waals surface area contributed by atoms with Crippen molar-refractivity contribution in [3.63, 3.8) is 0 Å². The number of aryl methyl sites for hydroxylation is 1. The second-order valence-electron chi connectivity index (χ2n) is 6.66. The van der Waals surface area contributed by atoms with Crippen LogP contribution in [0.4, 0.5) is 16.2 Å². The molecule has 28 heavy (non-hydrogen) atoms. The van der Waals surface area contributed by atoms with Crippen molar-refractivity contribution in [2.24, 2.45) is 0 Å². The Labute approximate surface area is 165 Å². The molecule has 1 heterocycles. The van der Waals surface area contributed by atoms with Crippen LogP contribution in [0.3, 0.4) is 0 Å². The van der Waals surface area contributed by atoms with Gasteiger partial charge in [-0.1, -0.05) is 12.1 Å². The van der Waals surface area contributed by atoms with Gasteiger partial charge in [-0.05, 0) is 24.6 Å². The Morgan fingerprint density at radius 1 is 0.929 bits per heavy atom. The molecule has 7 nitrogen and oxygen atoms in total. The number of hydrogen-bond donors (Lipinski definition) is 1. The fourth-order valence-electron chi connectivity index (χ4n) is 3.34. The van der Waals surface area contributed by atoms with E-state index >= 15 is 0 Å². The number of rotatable bonds is 5. The number of nitrogens with zero attached hydrogens (tertiary/aromatic N) is 2. The first kappa shape index (κ1) is 19.7. The Kier molecular flexibility index (Phi) is 6.13. The summed E-state index contributed by atoms with van der Waals surface area (Å²) in [6, 6.07) is 11.6. The second-order valence-corrected chi connectivity index (χ2v) is 6.66. The summed E-state index contributed by atoms with van der Waals surface area (Å²) in [5.41, 5.74) is 2.91. The molecule has 2 aromatic rings.